The lowest BCUT2D eigenvalue weighted by atomic mass is 10.2. The molecular weight excluding hydrogens is 363 g/mol. The zero-order valence-electron chi connectivity index (χ0n) is 13.1. The lowest BCUT2D eigenvalue weighted by Crippen LogP contribution is -2.20. The van der Waals surface area contributed by atoms with Crippen molar-refractivity contribution in [2.45, 2.75) is 6.92 Å². The molecule has 0 radical (unpaired) electrons. The average Bonchev–Trinajstić information content (AvgIpc) is 2.57. The summed E-state index contributed by atoms with van der Waals surface area (Å²) in [5, 5.41) is 3.65. The molecule has 0 aliphatic heterocycles. The van der Waals surface area contributed by atoms with E-state index >= 15 is 0 Å². The molecule has 0 saturated carbocycles. The summed E-state index contributed by atoms with van der Waals surface area (Å²) in [6, 6.07) is 6.29. The second kappa shape index (κ2) is 6.66. The highest BCUT2D eigenvalue weighted by molar-refractivity contribution is 6.34. The molecule has 1 amide bonds. The summed E-state index contributed by atoms with van der Waals surface area (Å²) < 4.78 is 1.38. The van der Waals surface area contributed by atoms with Crippen molar-refractivity contribution < 1.29 is 4.79 Å². The Bertz CT molecular complexity index is 1080. The number of benzene rings is 1. The number of nitrogens with zero attached hydrogens (tertiary/aromatic N) is 3. The van der Waals surface area contributed by atoms with Crippen molar-refractivity contribution in [1.82, 2.24) is 14.5 Å². The van der Waals surface area contributed by atoms with Crippen LogP contribution in [0.5, 0.6) is 0 Å². The molecule has 8 heteroatoms. The van der Waals surface area contributed by atoms with E-state index in [-0.39, 0.29) is 10.8 Å². The summed E-state index contributed by atoms with van der Waals surface area (Å²) in [5.41, 5.74) is 1.65. The highest BCUT2D eigenvalue weighted by Crippen LogP contribution is 2.26. The number of aryl methyl sites for hydroxylation is 1. The van der Waals surface area contributed by atoms with E-state index in [2.05, 4.69) is 21.9 Å². The molecule has 2 heterocycles. The Morgan fingerprint density at radius 1 is 1.32 bits per heavy atom. The third-order valence-corrected chi connectivity index (χ3v) is 4.10. The lowest BCUT2D eigenvalue weighted by Gasteiger charge is -2.13. The fourth-order valence-electron chi connectivity index (χ4n) is 2.41. The van der Waals surface area contributed by atoms with Gasteiger partial charge in [0.1, 0.15) is 0 Å². The van der Waals surface area contributed by atoms with E-state index in [1.165, 1.54) is 10.6 Å². The van der Waals surface area contributed by atoms with Crippen molar-refractivity contribution in [3.8, 4) is 5.69 Å². The molecule has 0 aliphatic carbocycles. The Balaban J connectivity index is 2.28. The predicted molar refractivity (Wildman–Crippen MR) is 98.7 cm³/mol. The average molecular weight is 375 g/mol. The van der Waals surface area contributed by atoms with Crippen LogP contribution in [0.1, 0.15) is 5.56 Å². The van der Waals surface area contributed by atoms with Crippen LogP contribution in [0.15, 0.2) is 47.9 Å². The fraction of sp³-hybridized carbons (Fsp3) is 0.0588. The Kier molecular flexibility index (Phi) is 4.57. The Morgan fingerprint density at radius 3 is 2.80 bits per heavy atom. The molecule has 1 aromatic carbocycles. The molecule has 6 nitrogen and oxygen atoms in total. The molecule has 0 spiro atoms. The molecule has 0 atom stereocenters. The summed E-state index contributed by atoms with van der Waals surface area (Å²) in [6.45, 7) is 5.19. The van der Waals surface area contributed by atoms with Gasteiger partial charge in [-0.25, -0.2) is 4.98 Å². The molecule has 25 heavy (non-hydrogen) atoms. The first kappa shape index (κ1) is 17.1. The van der Waals surface area contributed by atoms with Gasteiger partial charge >= 0.3 is 0 Å². The van der Waals surface area contributed by atoms with Gasteiger partial charge in [-0.05, 0) is 48.4 Å². The van der Waals surface area contributed by atoms with E-state index in [0.717, 1.165) is 11.6 Å². The third-order valence-electron chi connectivity index (χ3n) is 3.59. The highest BCUT2D eigenvalue weighted by Gasteiger charge is 2.13. The zero-order valence-corrected chi connectivity index (χ0v) is 14.6. The van der Waals surface area contributed by atoms with Gasteiger partial charge in [0.25, 0.3) is 5.56 Å². The molecule has 0 aliphatic rings. The molecule has 0 fully saturated rings. The van der Waals surface area contributed by atoms with Crippen LogP contribution >= 0.6 is 23.2 Å². The van der Waals surface area contributed by atoms with Gasteiger partial charge < -0.3 is 5.32 Å². The first-order valence-corrected chi connectivity index (χ1v) is 7.94. The molecule has 3 rings (SSSR count). The van der Waals surface area contributed by atoms with Gasteiger partial charge in [-0.15, -0.1) is 0 Å². The minimum absolute atomic E-state index is 0.0281. The number of pyridine rings is 1. The van der Waals surface area contributed by atoms with E-state index in [4.69, 9.17) is 23.2 Å². The quantitative estimate of drug-likeness (QED) is 0.561. The number of carbonyl (C=O) groups excluding carboxylic acids is 1. The monoisotopic (exact) mass is 374 g/mol. The van der Waals surface area contributed by atoms with Crippen molar-refractivity contribution in [1.29, 1.82) is 0 Å². The van der Waals surface area contributed by atoms with Crippen LogP contribution < -0.4 is 10.9 Å². The largest absolute Gasteiger partial charge is 0.321 e. The SMILES string of the molecule is C=CC(=O)Nc1cc(-n2c(=O)cc(C)c3cnc(Cl)nc32)ccc1Cl. The Hall–Kier alpha value is -2.70. The normalized spacial score (nSPS) is 10.7. The van der Waals surface area contributed by atoms with Crippen LogP contribution in [0.25, 0.3) is 16.7 Å². The van der Waals surface area contributed by atoms with Crippen molar-refractivity contribution in [2.24, 2.45) is 0 Å². The van der Waals surface area contributed by atoms with Crippen LogP contribution in [0, 0.1) is 6.92 Å². The number of fused-ring (bicyclic) bond motifs is 1. The van der Waals surface area contributed by atoms with Gasteiger partial charge in [-0.2, -0.15) is 4.98 Å². The van der Waals surface area contributed by atoms with Crippen molar-refractivity contribution >= 4 is 45.8 Å². The summed E-state index contributed by atoms with van der Waals surface area (Å²) in [5.74, 6) is -0.412. The highest BCUT2D eigenvalue weighted by atomic mass is 35.5. The number of anilines is 1. The van der Waals surface area contributed by atoms with Crippen molar-refractivity contribution in [2.75, 3.05) is 5.32 Å². The molecule has 0 saturated heterocycles. The van der Waals surface area contributed by atoms with Gasteiger partial charge in [0.15, 0.2) is 5.65 Å². The van der Waals surface area contributed by atoms with Crippen LogP contribution in [-0.4, -0.2) is 20.4 Å². The standard InChI is InChI=1S/C17H12Cl2N4O2/c1-3-14(24)21-13-7-10(4-5-12(13)18)23-15(25)6-9(2)11-8-20-17(19)22-16(11)23/h3-8H,1H2,2H3,(H,21,24). The van der Waals surface area contributed by atoms with Gasteiger partial charge in [0, 0.05) is 17.6 Å². The number of nitrogens with one attached hydrogen (secondary N) is 1. The number of carbonyl (C=O) groups is 1. The second-order valence-corrected chi connectivity index (χ2v) is 5.98. The third kappa shape index (κ3) is 3.26. The first-order valence-electron chi connectivity index (χ1n) is 7.19. The molecule has 126 valence electrons. The number of hydrogen-bond acceptors (Lipinski definition) is 4. The van der Waals surface area contributed by atoms with Crippen molar-refractivity contribution in [3.05, 3.63) is 69.3 Å². The number of rotatable bonds is 3. The number of halogens is 2. The fourth-order valence-corrected chi connectivity index (χ4v) is 2.71. The summed E-state index contributed by atoms with van der Waals surface area (Å²) >= 11 is 12.0. The van der Waals surface area contributed by atoms with E-state index in [1.807, 2.05) is 0 Å². The predicted octanol–water partition coefficient (Wildman–Crippen LogP) is 3.52. The molecule has 2 aromatic heterocycles. The summed E-state index contributed by atoms with van der Waals surface area (Å²) in [6.07, 6.45) is 2.69. The Morgan fingerprint density at radius 2 is 2.08 bits per heavy atom. The summed E-state index contributed by atoms with van der Waals surface area (Å²) in [7, 11) is 0. The Labute approximate surface area is 152 Å². The van der Waals surface area contributed by atoms with Gasteiger partial charge in [-0.1, -0.05) is 18.2 Å². The van der Waals surface area contributed by atoms with Crippen LogP contribution in [0.2, 0.25) is 10.3 Å². The number of aromatic nitrogens is 3. The number of hydrogen-bond donors (Lipinski definition) is 1. The van der Waals surface area contributed by atoms with E-state index in [1.54, 1.807) is 31.3 Å². The van der Waals surface area contributed by atoms with Crippen LogP contribution in [0.4, 0.5) is 5.69 Å². The maximum atomic E-state index is 12.6. The minimum atomic E-state index is -0.412. The maximum Gasteiger partial charge on any atom is 0.257 e. The van der Waals surface area contributed by atoms with E-state index < -0.39 is 5.91 Å². The molecular formula is C17H12Cl2N4O2. The smallest absolute Gasteiger partial charge is 0.257 e. The van der Waals surface area contributed by atoms with Crippen LogP contribution in [0.3, 0.4) is 0 Å². The lowest BCUT2D eigenvalue weighted by molar-refractivity contribution is -0.111. The second-order valence-electron chi connectivity index (χ2n) is 5.23. The topological polar surface area (TPSA) is 76.9 Å². The maximum absolute atomic E-state index is 12.6. The first-order chi connectivity index (χ1) is 11.9. The van der Waals surface area contributed by atoms with Gasteiger partial charge in [-0.3, -0.25) is 14.2 Å². The van der Waals surface area contributed by atoms with E-state index in [0.29, 0.717) is 27.4 Å². The molecule has 0 unspecified atom stereocenters. The van der Waals surface area contributed by atoms with Crippen molar-refractivity contribution in [3.63, 3.8) is 0 Å². The van der Waals surface area contributed by atoms with Crippen LogP contribution in [-0.2, 0) is 4.79 Å². The minimum Gasteiger partial charge on any atom is -0.321 e. The summed E-state index contributed by atoms with van der Waals surface area (Å²) in [4.78, 5) is 32.3. The molecule has 0 bridgehead atoms. The zero-order chi connectivity index (χ0) is 18.1. The molecule has 3 aromatic rings. The number of amides is 1. The van der Waals surface area contributed by atoms with Gasteiger partial charge in [0.2, 0.25) is 11.2 Å². The molecule has 1 N–H and O–H groups in total. The van der Waals surface area contributed by atoms with E-state index in [9.17, 15) is 9.59 Å². The van der Waals surface area contributed by atoms with Gasteiger partial charge in [0.05, 0.1) is 16.4 Å².